The highest BCUT2D eigenvalue weighted by atomic mass is 14.1. The van der Waals surface area contributed by atoms with Crippen LogP contribution in [0.1, 0.15) is 91.3 Å². The average molecular weight is 663 g/mol. The number of rotatable bonds is 13. The van der Waals surface area contributed by atoms with Crippen LogP contribution in [0.3, 0.4) is 0 Å². The maximum Gasteiger partial charge on any atom is -0.00885 e. The van der Waals surface area contributed by atoms with E-state index in [1.165, 1.54) is 62.1 Å². The molecule has 0 aliphatic heterocycles. The lowest BCUT2D eigenvalue weighted by molar-refractivity contribution is 0.588. The van der Waals surface area contributed by atoms with E-state index >= 15 is 0 Å². The van der Waals surface area contributed by atoms with E-state index in [0.29, 0.717) is 5.92 Å². The van der Waals surface area contributed by atoms with Crippen molar-refractivity contribution in [3.05, 3.63) is 186 Å². The summed E-state index contributed by atoms with van der Waals surface area (Å²) in [5.74, 6) is 0.548. The van der Waals surface area contributed by atoms with Crippen LogP contribution < -0.4 is 0 Å². The second-order valence-corrected chi connectivity index (χ2v) is 12.8. The Hall–Kier alpha value is -4.68. The Morgan fingerprint density at radius 2 is 1.38 bits per heavy atom. The van der Waals surface area contributed by atoms with Crippen LogP contribution in [0.2, 0.25) is 0 Å². The predicted octanol–water partition coefficient (Wildman–Crippen LogP) is 15.3. The van der Waals surface area contributed by atoms with Crippen molar-refractivity contribution in [2.75, 3.05) is 0 Å². The van der Waals surface area contributed by atoms with Gasteiger partial charge in [-0.3, -0.25) is 0 Å². The van der Waals surface area contributed by atoms with Crippen LogP contribution in [0, 0.1) is 5.92 Å². The van der Waals surface area contributed by atoms with E-state index in [1.807, 2.05) is 19.9 Å². The SMILES string of the molecule is C.C=C/C(=C\CC(C)Cc1cccc(/C(=C/C(=C)C)CCc2cccc(-c3cccc(-c4ccccc4)c3)c2)c1)C1=CC=CC1.CC.CCC. The molecule has 0 nitrogen and oxygen atoms in total. The van der Waals surface area contributed by atoms with E-state index in [1.54, 1.807) is 0 Å². The quantitative estimate of drug-likeness (QED) is 0.125. The number of hydrogen-bond acceptors (Lipinski definition) is 0. The molecule has 0 aromatic heterocycles. The van der Waals surface area contributed by atoms with Crippen LogP contribution in [0.4, 0.5) is 0 Å². The van der Waals surface area contributed by atoms with Gasteiger partial charge in [-0.25, -0.2) is 0 Å². The minimum atomic E-state index is 0. The third-order valence-electron chi connectivity index (χ3n) is 8.32. The fourth-order valence-corrected chi connectivity index (χ4v) is 6.01. The van der Waals surface area contributed by atoms with Gasteiger partial charge in [-0.05, 0) is 107 Å². The summed E-state index contributed by atoms with van der Waals surface area (Å²) in [7, 11) is 0. The number of benzene rings is 4. The van der Waals surface area contributed by atoms with Crippen molar-refractivity contribution in [1.29, 1.82) is 0 Å². The molecule has 0 bridgehead atoms. The molecule has 0 amide bonds. The van der Waals surface area contributed by atoms with E-state index in [2.05, 4.69) is 174 Å². The van der Waals surface area contributed by atoms with Crippen LogP contribution in [0.5, 0.6) is 0 Å². The van der Waals surface area contributed by atoms with Gasteiger partial charge in [0.15, 0.2) is 0 Å². The Kier molecular flexibility index (Phi) is 19.0. The number of allylic oxidation sites excluding steroid dienone is 10. The molecule has 4 aromatic rings. The number of aryl methyl sites for hydroxylation is 1. The number of hydrogen-bond donors (Lipinski definition) is 0. The zero-order valence-corrected chi connectivity index (χ0v) is 31.0. The normalized spacial score (nSPS) is 12.7. The van der Waals surface area contributed by atoms with Crippen molar-refractivity contribution in [2.45, 2.75) is 87.5 Å². The lowest BCUT2D eigenvalue weighted by atomic mass is 9.91. The van der Waals surface area contributed by atoms with Crippen molar-refractivity contribution >= 4 is 5.57 Å². The summed E-state index contributed by atoms with van der Waals surface area (Å²) in [5, 5.41) is 0. The Balaban J connectivity index is 0.00000137. The van der Waals surface area contributed by atoms with Crippen molar-refractivity contribution in [3.63, 3.8) is 0 Å². The molecule has 1 aliphatic rings. The molecule has 5 rings (SSSR count). The molecule has 0 N–H and O–H groups in total. The molecule has 0 heterocycles. The molecule has 262 valence electrons. The standard InChI is InChI=1S/C44H44.C3H8.C2H6.CH4/c1-5-37(38-18-9-10-19-38)26-24-34(4)29-36-15-12-21-41(31-36)44(28-33(2)3)27-25-35-14-11-20-40(30-35)43-23-13-22-42(32-43)39-16-7-6-8-17-39;1-3-2;1-2;/h5-18,20-23,26,28,30-32,34H,1-2,19,24-25,27,29H2,3-4H3;3H2,1-2H3;1-2H3;1H4/b37-26+,44-28+;;;. The summed E-state index contributed by atoms with van der Waals surface area (Å²) < 4.78 is 0. The monoisotopic (exact) mass is 662 g/mol. The second-order valence-electron chi connectivity index (χ2n) is 12.8. The lowest BCUT2D eigenvalue weighted by Crippen LogP contribution is -2.00. The molecule has 1 atom stereocenters. The molecule has 0 saturated heterocycles. The summed E-state index contributed by atoms with van der Waals surface area (Å²) in [6.07, 6.45) is 19.5. The van der Waals surface area contributed by atoms with Crippen molar-refractivity contribution in [2.24, 2.45) is 5.92 Å². The molecule has 1 aliphatic carbocycles. The topological polar surface area (TPSA) is 0 Å². The van der Waals surface area contributed by atoms with Crippen LogP contribution in [-0.4, -0.2) is 0 Å². The second kappa shape index (κ2) is 22.9. The van der Waals surface area contributed by atoms with Gasteiger partial charge in [0, 0.05) is 0 Å². The first-order valence-corrected chi connectivity index (χ1v) is 18.3. The first-order valence-electron chi connectivity index (χ1n) is 18.3. The largest absolute Gasteiger partial charge is 0.0985 e. The van der Waals surface area contributed by atoms with E-state index in [9.17, 15) is 0 Å². The van der Waals surface area contributed by atoms with Gasteiger partial charge >= 0.3 is 0 Å². The zero-order chi connectivity index (χ0) is 35.4. The van der Waals surface area contributed by atoms with Gasteiger partial charge in [0.05, 0.1) is 0 Å². The third-order valence-corrected chi connectivity index (χ3v) is 8.32. The maximum absolute atomic E-state index is 4.21. The smallest absolute Gasteiger partial charge is 0.00885 e. The minimum Gasteiger partial charge on any atom is -0.0985 e. The van der Waals surface area contributed by atoms with E-state index in [4.69, 9.17) is 0 Å². The average Bonchev–Trinajstić information content (AvgIpc) is 3.67. The molecule has 0 heteroatoms. The van der Waals surface area contributed by atoms with Crippen molar-refractivity contribution in [1.82, 2.24) is 0 Å². The van der Waals surface area contributed by atoms with E-state index in [-0.39, 0.29) is 7.43 Å². The molecule has 0 saturated carbocycles. The summed E-state index contributed by atoms with van der Waals surface area (Å²) in [5.41, 5.74) is 14.1. The summed E-state index contributed by atoms with van der Waals surface area (Å²) in [4.78, 5) is 0. The highest BCUT2D eigenvalue weighted by Crippen LogP contribution is 2.29. The van der Waals surface area contributed by atoms with Gasteiger partial charge in [0.1, 0.15) is 0 Å². The first kappa shape index (κ1) is 41.5. The molecule has 0 spiro atoms. The predicted molar refractivity (Wildman–Crippen MR) is 227 cm³/mol. The highest BCUT2D eigenvalue weighted by molar-refractivity contribution is 5.73. The Bertz CT molecular complexity index is 1740. The lowest BCUT2D eigenvalue weighted by Gasteiger charge is -2.14. The summed E-state index contributed by atoms with van der Waals surface area (Å²) >= 11 is 0. The molecule has 50 heavy (non-hydrogen) atoms. The molecule has 0 fully saturated rings. The van der Waals surface area contributed by atoms with Gasteiger partial charge in [-0.1, -0.05) is 201 Å². The maximum atomic E-state index is 4.21. The van der Waals surface area contributed by atoms with Gasteiger partial charge in [-0.2, -0.15) is 0 Å². The molecule has 1 unspecified atom stereocenters. The minimum absolute atomic E-state index is 0. The van der Waals surface area contributed by atoms with E-state index in [0.717, 1.165) is 37.7 Å². The van der Waals surface area contributed by atoms with Gasteiger partial charge in [0.25, 0.3) is 0 Å². The van der Waals surface area contributed by atoms with Gasteiger partial charge < -0.3 is 0 Å². The van der Waals surface area contributed by atoms with Crippen LogP contribution in [0.25, 0.3) is 27.8 Å². The molecular weight excluding hydrogens is 601 g/mol. The van der Waals surface area contributed by atoms with Crippen LogP contribution in [-0.2, 0) is 12.8 Å². The molecular formula is C50H62. The summed E-state index contributed by atoms with van der Waals surface area (Å²) in [6, 6.07) is 37.6. The van der Waals surface area contributed by atoms with Gasteiger partial charge in [-0.15, -0.1) is 0 Å². The Morgan fingerprint density at radius 3 is 2.02 bits per heavy atom. The zero-order valence-electron chi connectivity index (χ0n) is 31.0. The fourth-order valence-electron chi connectivity index (χ4n) is 6.01. The van der Waals surface area contributed by atoms with Crippen molar-refractivity contribution < 1.29 is 0 Å². The van der Waals surface area contributed by atoms with Crippen LogP contribution in [0.15, 0.2) is 169 Å². The van der Waals surface area contributed by atoms with Gasteiger partial charge in [0.2, 0.25) is 0 Å². The highest BCUT2D eigenvalue weighted by Gasteiger charge is 2.10. The fraction of sp³-hybridized carbons (Fsp3) is 0.280. The van der Waals surface area contributed by atoms with Crippen molar-refractivity contribution in [3.8, 4) is 22.3 Å². The van der Waals surface area contributed by atoms with Crippen LogP contribution >= 0.6 is 0 Å². The molecule has 4 aromatic carbocycles. The third kappa shape index (κ3) is 13.3. The molecule has 0 radical (unpaired) electrons. The van der Waals surface area contributed by atoms with E-state index < -0.39 is 0 Å². The Morgan fingerprint density at radius 1 is 0.780 bits per heavy atom. The Labute approximate surface area is 306 Å². The first-order chi connectivity index (χ1) is 23.9. The summed E-state index contributed by atoms with van der Waals surface area (Å²) in [6.45, 7) is 20.9.